The van der Waals surface area contributed by atoms with Gasteiger partial charge in [0.25, 0.3) is 5.56 Å². The first-order valence-electron chi connectivity index (χ1n) is 10.6. The van der Waals surface area contributed by atoms with Crippen LogP contribution in [-0.4, -0.2) is 25.5 Å². The number of nitrogens with one attached hydrogen (secondary N) is 1. The Labute approximate surface area is 186 Å². The molecule has 2 aromatic heterocycles. The second-order valence-electron chi connectivity index (χ2n) is 8.33. The van der Waals surface area contributed by atoms with Gasteiger partial charge in [0.2, 0.25) is 5.91 Å². The fourth-order valence-electron chi connectivity index (χ4n) is 4.25. The van der Waals surface area contributed by atoms with E-state index in [0.29, 0.717) is 16.6 Å². The Kier molecular flexibility index (Phi) is 5.42. The molecule has 0 aliphatic rings. The van der Waals surface area contributed by atoms with Gasteiger partial charge in [0.05, 0.1) is 22.5 Å². The molecule has 0 saturated heterocycles. The van der Waals surface area contributed by atoms with Crippen LogP contribution in [-0.2, 0) is 4.79 Å². The lowest BCUT2D eigenvalue weighted by Crippen LogP contribution is -2.34. The molecule has 32 heavy (non-hydrogen) atoms. The monoisotopic (exact) mass is 429 g/mol. The molecule has 2 aromatic carbocycles. The zero-order valence-electron chi connectivity index (χ0n) is 19.2. The molecule has 7 nitrogen and oxygen atoms in total. The first-order chi connectivity index (χ1) is 15.2. The van der Waals surface area contributed by atoms with Crippen LogP contribution in [0, 0.1) is 34.6 Å². The number of aryl methyl sites for hydroxylation is 5. The van der Waals surface area contributed by atoms with E-state index in [1.807, 2.05) is 77.1 Å². The molecule has 0 unspecified atom stereocenters. The van der Waals surface area contributed by atoms with Crippen LogP contribution in [0.15, 0.2) is 47.3 Å². The van der Waals surface area contributed by atoms with E-state index in [9.17, 15) is 9.59 Å². The van der Waals surface area contributed by atoms with Crippen molar-refractivity contribution in [3.8, 4) is 5.69 Å². The number of fused-ring (bicyclic) bond motifs is 1. The summed E-state index contributed by atoms with van der Waals surface area (Å²) in [7, 11) is 0. The van der Waals surface area contributed by atoms with E-state index in [-0.39, 0.29) is 11.5 Å². The Bertz CT molecular complexity index is 1380. The third-order valence-corrected chi connectivity index (χ3v) is 5.82. The second kappa shape index (κ2) is 8.07. The first kappa shape index (κ1) is 21.5. The maximum absolute atomic E-state index is 13.3. The number of carbonyl (C=O) groups excluding carboxylic acids is 1. The van der Waals surface area contributed by atoms with Gasteiger partial charge in [0.15, 0.2) is 5.52 Å². The summed E-state index contributed by atoms with van der Waals surface area (Å²) >= 11 is 0. The molecule has 0 aliphatic heterocycles. The van der Waals surface area contributed by atoms with Crippen molar-refractivity contribution in [2.24, 2.45) is 0 Å². The Morgan fingerprint density at radius 2 is 1.59 bits per heavy atom. The average molecular weight is 430 g/mol. The molecular formula is C25H27N5O2. The van der Waals surface area contributed by atoms with Gasteiger partial charge in [-0.15, -0.1) is 0 Å². The Hall–Kier alpha value is -3.74. The van der Waals surface area contributed by atoms with E-state index in [2.05, 4.69) is 15.5 Å². The number of benzene rings is 2. The lowest BCUT2D eigenvalue weighted by molar-refractivity contribution is -0.119. The molecule has 1 atom stereocenters. The van der Waals surface area contributed by atoms with Gasteiger partial charge in [-0.05, 0) is 64.8 Å². The van der Waals surface area contributed by atoms with Crippen molar-refractivity contribution in [1.82, 2.24) is 19.6 Å². The number of carbonyl (C=O) groups is 1. The number of para-hydroxylation sites is 1. The van der Waals surface area contributed by atoms with Gasteiger partial charge in [-0.1, -0.05) is 35.9 Å². The van der Waals surface area contributed by atoms with Crippen molar-refractivity contribution in [2.75, 3.05) is 5.32 Å². The summed E-state index contributed by atoms with van der Waals surface area (Å²) in [6.07, 6.45) is 0. The standard InChI is InChI=1S/C25H27N5O2/c1-14-12-15(2)22(16(3)13-14)26-24(31)19(6)30-25(32)23-21(17(4)27-30)18(5)29(28-23)20-10-8-7-9-11-20/h7-13,19H,1-6H3,(H,26,31)/t19-/m1/s1. The van der Waals surface area contributed by atoms with E-state index < -0.39 is 6.04 Å². The van der Waals surface area contributed by atoms with Crippen LogP contribution < -0.4 is 10.9 Å². The molecule has 1 N–H and O–H groups in total. The van der Waals surface area contributed by atoms with Crippen LogP contribution in [0.5, 0.6) is 0 Å². The molecule has 0 spiro atoms. The van der Waals surface area contributed by atoms with Gasteiger partial charge in [0, 0.05) is 5.69 Å². The molecule has 4 aromatic rings. The highest BCUT2D eigenvalue weighted by atomic mass is 16.2. The minimum absolute atomic E-state index is 0.299. The van der Waals surface area contributed by atoms with Gasteiger partial charge >= 0.3 is 0 Å². The van der Waals surface area contributed by atoms with E-state index in [1.54, 1.807) is 11.6 Å². The molecule has 4 rings (SSSR count). The van der Waals surface area contributed by atoms with Crippen molar-refractivity contribution < 1.29 is 4.79 Å². The number of anilines is 1. The Balaban J connectivity index is 1.76. The molecule has 7 heteroatoms. The third-order valence-electron chi connectivity index (χ3n) is 5.82. The topological polar surface area (TPSA) is 81.8 Å². The van der Waals surface area contributed by atoms with E-state index >= 15 is 0 Å². The minimum Gasteiger partial charge on any atom is -0.324 e. The van der Waals surface area contributed by atoms with Crippen LogP contribution in [0.25, 0.3) is 16.6 Å². The summed E-state index contributed by atoms with van der Waals surface area (Å²) < 4.78 is 2.97. The lowest BCUT2D eigenvalue weighted by atomic mass is 10.0. The molecule has 0 aliphatic carbocycles. The number of rotatable bonds is 4. The third kappa shape index (κ3) is 3.60. The van der Waals surface area contributed by atoms with Crippen molar-refractivity contribution >= 4 is 22.5 Å². The predicted molar refractivity (Wildman–Crippen MR) is 127 cm³/mol. The maximum atomic E-state index is 13.3. The Morgan fingerprint density at radius 3 is 2.22 bits per heavy atom. The molecule has 0 bridgehead atoms. The predicted octanol–water partition coefficient (Wildman–Crippen LogP) is 4.32. The van der Waals surface area contributed by atoms with Gasteiger partial charge in [-0.3, -0.25) is 9.59 Å². The normalized spacial score (nSPS) is 12.2. The summed E-state index contributed by atoms with van der Waals surface area (Å²) in [6, 6.07) is 12.9. The van der Waals surface area contributed by atoms with Gasteiger partial charge in [-0.2, -0.15) is 10.2 Å². The first-order valence-corrected chi connectivity index (χ1v) is 10.6. The summed E-state index contributed by atoms with van der Waals surface area (Å²) in [6.45, 7) is 11.4. The van der Waals surface area contributed by atoms with Crippen LogP contribution in [0.2, 0.25) is 0 Å². The maximum Gasteiger partial charge on any atom is 0.295 e. The molecule has 0 fully saturated rings. The number of hydrogen-bond donors (Lipinski definition) is 1. The molecule has 164 valence electrons. The number of amides is 1. The zero-order valence-corrected chi connectivity index (χ0v) is 19.2. The van der Waals surface area contributed by atoms with Crippen molar-refractivity contribution in [1.29, 1.82) is 0 Å². The zero-order chi connectivity index (χ0) is 23.2. The highest BCUT2D eigenvalue weighted by molar-refractivity contribution is 5.95. The summed E-state index contributed by atoms with van der Waals surface area (Å²) in [5, 5.41) is 12.8. The van der Waals surface area contributed by atoms with Crippen LogP contribution in [0.3, 0.4) is 0 Å². The van der Waals surface area contributed by atoms with E-state index in [0.717, 1.165) is 33.8 Å². The van der Waals surface area contributed by atoms with Gasteiger partial charge in [-0.25, -0.2) is 9.36 Å². The lowest BCUT2D eigenvalue weighted by Gasteiger charge is -2.17. The number of hydrogen-bond acceptors (Lipinski definition) is 4. The van der Waals surface area contributed by atoms with Crippen LogP contribution >= 0.6 is 0 Å². The fourth-order valence-corrected chi connectivity index (χ4v) is 4.25. The quantitative estimate of drug-likeness (QED) is 0.524. The summed E-state index contributed by atoms with van der Waals surface area (Å²) in [5.74, 6) is -0.299. The van der Waals surface area contributed by atoms with Crippen molar-refractivity contribution in [3.05, 3.63) is 80.9 Å². The largest absolute Gasteiger partial charge is 0.324 e. The van der Waals surface area contributed by atoms with Gasteiger partial charge in [0.1, 0.15) is 6.04 Å². The van der Waals surface area contributed by atoms with E-state index in [1.165, 1.54) is 4.68 Å². The van der Waals surface area contributed by atoms with E-state index in [4.69, 9.17) is 0 Å². The smallest absolute Gasteiger partial charge is 0.295 e. The SMILES string of the molecule is Cc1cc(C)c(NC(=O)[C@@H](C)n2nc(C)c3c(C)n(-c4ccccc4)nc3c2=O)c(C)c1. The molecular weight excluding hydrogens is 402 g/mol. The number of aromatic nitrogens is 4. The van der Waals surface area contributed by atoms with Crippen LogP contribution in [0.1, 0.15) is 41.0 Å². The summed E-state index contributed by atoms with van der Waals surface area (Å²) in [5.41, 5.74) is 6.13. The Morgan fingerprint density at radius 1 is 0.969 bits per heavy atom. The average Bonchev–Trinajstić information content (AvgIpc) is 3.11. The molecule has 0 saturated carbocycles. The van der Waals surface area contributed by atoms with Crippen molar-refractivity contribution in [3.63, 3.8) is 0 Å². The molecule has 0 radical (unpaired) electrons. The second-order valence-corrected chi connectivity index (χ2v) is 8.33. The summed E-state index contributed by atoms with van der Waals surface area (Å²) in [4.78, 5) is 26.4. The molecule has 1 amide bonds. The fraction of sp³-hybridized carbons (Fsp3) is 0.280. The van der Waals surface area contributed by atoms with Gasteiger partial charge < -0.3 is 5.32 Å². The van der Waals surface area contributed by atoms with Crippen molar-refractivity contribution in [2.45, 2.75) is 47.6 Å². The minimum atomic E-state index is -0.798. The highest BCUT2D eigenvalue weighted by Gasteiger charge is 2.24. The van der Waals surface area contributed by atoms with Crippen LogP contribution in [0.4, 0.5) is 5.69 Å². The highest BCUT2D eigenvalue weighted by Crippen LogP contribution is 2.24. The molecule has 2 heterocycles. The number of nitrogens with zero attached hydrogens (tertiary/aromatic N) is 4.